The van der Waals surface area contributed by atoms with Crippen molar-refractivity contribution in [3.63, 3.8) is 0 Å². The molecule has 0 aliphatic heterocycles. The van der Waals surface area contributed by atoms with Gasteiger partial charge in [0.15, 0.2) is 0 Å². The molecule has 6 heteroatoms. The fourth-order valence-electron chi connectivity index (χ4n) is 3.34. The van der Waals surface area contributed by atoms with Crippen molar-refractivity contribution in [2.45, 2.75) is 76.9 Å². The van der Waals surface area contributed by atoms with Crippen LogP contribution in [0.2, 0.25) is 5.02 Å². The van der Waals surface area contributed by atoms with Crippen LogP contribution >= 0.6 is 23.4 Å². The van der Waals surface area contributed by atoms with E-state index in [4.69, 9.17) is 11.6 Å². The lowest BCUT2D eigenvalue weighted by Crippen LogP contribution is -2.50. The minimum atomic E-state index is -0.471. The summed E-state index contributed by atoms with van der Waals surface area (Å²) in [7, 11) is 0. The van der Waals surface area contributed by atoms with Gasteiger partial charge in [-0.15, -0.1) is 11.8 Å². The number of rotatable bonds is 12. The predicted octanol–water partition coefficient (Wildman–Crippen LogP) is 6.24. The van der Waals surface area contributed by atoms with E-state index in [2.05, 4.69) is 5.32 Å². The molecule has 2 aromatic carbocycles. The molecular formula is C26H35ClN2O2S. The molecule has 2 atom stereocenters. The number of halogens is 1. The zero-order valence-electron chi connectivity index (χ0n) is 19.6. The molecule has 0 bridgehead atoms. The summed E-state index contributed by atoms with van der Waals surface area (Å²) in [5.41, 5.74) is 2.21. The third kappa shape index (κ3) is 8.51. The highest BCUT2D eigenvalue weighted by atomic mass is 35.5. The maximum Gasteiger partial charge on any atom is 0.243 e. The first-order chi connectivity index (χ1) is 15.3. The molecule has 0 heterocycles. The topological polar surface area (TPSA) is 49.4 Å². The zero-order chi connectivity index (χ0) is 23.5. The molecule has 0 saturated heterocycles. The Kier molecular flexibility index (Phi) is 11.1. The molecule has 1 N–H and O–H groups in total. The molecule has 0 aliphatic carbocycles. The Balaban J connectivity index is 2.05. The number of hydrogen-bond acceptors (Lipinski definition) is 3. The van der Waals surface area contributed by atoms with E-state index >= 15 is 0 Å². The average Bonchev–Trinajstić information content (AvgIpc) is 2.78. The van der Waals surface area contributed by atoms with Crippen LogP contribution in [0.5, 0.6) is 0 Å². The molecule has 32 heavy (non-hydrogen) atoms. The van der Waals surface area contributed by atoms with Crippen LogP contribution in [-0.2, 0) is 16.1 Å². The fraction of sp³-hybridized carbons (Fsp3) is 0.462. The fourth-order valence-corrected chi connectivity index (χ4v) is 4.32. The third-order valence-electron chi connectivity index (χ3n) is 5.48. The van der Waals surface area contributed by atoms with Gasteiger partial charge in [0.05, 0.1) is 0 Å². The van der Waals surface area contributed by atoms with Gasteiger partial charge < -0.3 is 10.2 Å². The van der Waals surface area contributed by atoms with Crippen LogP contribution in [0.25, 0.3) is 0 Å². The molecule has 0 unspecified atom stereocenters. The largest absolute Gasteiger partial charge is 0.352 e. The van der Waals surface area contributed by atoms with Gasteiger partial charge in [-0.1, -0.05) is 55.3 Å². The summed E-state index contributed by atoms with van der Waals surface area (Å²) in [5, 5.41) is 3.78. The summed E-state index contributed by atoms with van der Waals surface area (Å²) in [4.78, 5) is 29.1. The Hall–Kier alpha value is -1.98. The normalized spacial score (nSPS) is 12.8. The first-order valence-electron chi connectivity index (χ1n) is 11.4. The highest BCUT2D eigenvalue weighted by Crippen LogP contribution is 2.22. The van der Waals surface area contributed by atoms with Crippen LogP contribution in [0, 0.1) is 6.92 Å². The van der Waals surface area contributed by atoms with E-state index in [-0.39, 0.29) is 17.9 Å². The van der Waals surface area contributed by atoms with Gasteiger partial charge in [-0.05, 0) is 68.7 Å². The number of carbonyl (C=O) groups excluding carboxylic acids is 2. The van der Waals surface area contributed by atoms with E-state index in [0.29, 0.717) is 19.4 Å². The highest BCUT2D eigenvalue weighted by molar-refractivity contribution is 7.99. The van der Waals surface area contributed by atoms with Crippen LogP contribution in [0.3, 0.4) is 0 Å². The molecule has 2 aromatic rings. The standard InChI is InChI=1S/C26H35ClN2O2S/c1-5-20(4)28-26(31)24(6-2)29(18-21-11-9-19(3)10-12-21)25(30)8-7-17-32-23-15-13-22(27)14-16-23/h9-16,20,24H,5-8,17-18H2,1-4H3,(H,28,31)/t20-,24+/m0/s1. The van der Waals surface area contributed by atoms with Crippen molar-refractivity contribution in [3.05, 3.63) is 64.7 Å². The van der Waals surface area contributed by atoms with E-state index < -0.39 is 6.04 Å². The minimum absolute atomic E-state index is 0.0217. The average molecular weight is 475 g/mol. The lowest BCUT2D eigenvalue weighted by atomic mass is 10.1. The SMILES string of the molecule is CC[C@H](C(=O)N[C@@H](C)CC)N(Cc1ccc(C)cc1)C(=O)CCCSc1ccc(Cl)cc1. The summed E-state index contributed by atoms with van der Waals surface area (Å²) >= 11 is 7.65. The van der Waals surface area contributed by atoms with Crippen LogP contribution in [0.1, 0.15) is 57.6 Å². The van der Waals surface area contributed by atoms with Crippen LogP contribution in [0.15, 0.2) is 53.4 Å². The first kappa shape index (κ1) is 26.3. The van der Waals surface area contributed by atoms with Crippen molar-refractivity contribution < 1.29 is 9.59 Å². The zero-order valence-corrected chi connectivity index (χ0v) is 21.1. The molecule has 0 aliphatic rings. The van der Waals surface area contributed by atoms with Crippen molar-refractivity contribution in [1.29, 1.82) is 0 Å². The van der Waals surface area contributed by atoms with Gasteiger partial charge in [-0.3, -0.25) is 9.59 Å². The second-order valence-electron chi connectivity index (χ2n) is 8.16. The van der Waals surface area contributed by atoms with Gasteiger partial charge in [-0.25, -0.2) is 0 Å². The smallest absolute Gasteiger partial charge is 0.243 e. The van der Waals surface area contributed by atoms with Gasteiger partial charge >= 0.3 is 0 Å². The number of nitrogens with zero attached hydrogens (tertiary/aromatic N) is 1. The Labute approximate surface area is 202 Å². The molecular weight excluding hydrogens is 440 g/mol. The third-order valence-corrected chi connectivity index (χ3v) is 6.83. The van der Waals surface area contributed by atoms with Gasteiger partial charge in [0.2, 0.25) is 11.8 Å². The molecule has 0 fully saturated rings. The van der Waals surface area contributed by atoms with Crippen LogP contribution < -0.4 is 5.32 Å². The van der Waals surface area contributed by atoms with Gasteiger partial charge in [0.1, 0.15) is 6.04 Å². The molecule has 0 aromatic heterocycles. The van der Waals surface area contributed by atoms with Crippen molar-refractivity contribution >= 4 is 35.2 Å². The first-order valence-corrected chi connectivity index (χ1v) is 12.7. The van der Waals surface area contributed by atoms with E-state index in [1.54, 1.807) is 16.7 Å². The molecule has 0 radical (unpaired) electrons. The maximum atomic E-state index is 13.2. The Bertz CT molecular complexity index is 855. The summed E-state index contributed by atoms with van der Waals surface area (Å²) < 4.78 is 0. The molecule has 2 rings (SSSR count). The van der Waals surface area contributed by atoms with E-state index in [0.717, 1.165) is 34.1 Å². The van der Waals surface area contributed by atoms with Crippen molar-refractivity contribution in [2.24, 2.45) is 0 Å². The van der Waals surface area contributed by atoms with Gasteiger partial charge in [0, 0.05) is 28.9 Å². The van der Waals surface area contributed by atoms with Crippen molar-refractivity contribution in [2.75, 3.05) is 5.75 Å². The Morgan fingerprint density at radius 1 is 1.03 bits per heavy atom. The van der Waals surface area contributed by atoms with Gasteiger partial charge in [0.25, 0.3) is 0 Å². The number of nitrogens with one attached hydrogen (secondary N) is 1. The predicted molar refractivity (Wildman–Crippen MR) is 135 cm³/mol. The number of hydrogen-bond donors (Lipinski definition) is 1. The molecule has 0 spiro atoms. The lowest BCUT2D eigenvalue weighted by molar-refractivity contribution is -0.141. The van der Waals surface area contributed by atoms with Crippen LogP contribution in [-0.4, -0.2) is 34.6 Å². The molecule has 0 saturated carbocycles. The van der Waals surface area contributed by atoms with E-state index in [9.17, 15) is 9.59 Å². The number of thioether (sulfide) groups is 1. The molecule has 4 nitrogen and oxygen atoms in total. The number of aryl methyl sites for hydroxylation is 1. The summed E-state index contributed by atoms with van der Waals surface area (Å²) in [5.74, 6) is 0.785. The quantitative estimate of drug-likeness (QED) is 0.292. The van der Waals surface area contributed by atoms with Crippen LogP contribution in [0.4, 0.5) is 0 Å². The summed E-state index contributed by atoms with van der Waals surface area (Å²) in [6.45, 7) is 8.48. The van der Waals surface area contributed by atoms with Gasteiger partial charge in [-0.2, -0.15) is 0 Å². The lowest BCUT2D eigenvalue weighted by Gasteiger charge is -2.31. The van der Waals surface area contributed by atoms with Crippen molar-refractivity contribution in [3.8, 4) is 0 Å². The second-order valence-corrected chi connectivity index (χ2v) is 9.76. The Morgan fingerprint density at radius 2 is 1.69 bits per heavy atom. The summed E-state index contributed by atoms with van der Waals surface area (Å²) in [6, 6.07) is 15.5. The van der Waals surface area contributed by atoms with E-state index in [1.807, 2.05) is 76.2 Å². The summed E-state index contributed by atoms with van der Waals surface area (Å²) in [6.07, 6.45) is 2.61. The maximum absolute atomic E-state index is 13.2. The van der Waals surface area contributed by atoms with Crippen molar-refractivity contribution in [1.82, 2.24) is 10.2 Å². The highest BCUT2D eigenvalue weighted by Gasteiger charge is 2.28. The molecule has 2 amide bonds. The van der Waals surface area contributed by atoms with E-state index in [1.165, 1.54) is 5.56 Å². The second kappa shape index (κ2) is 13.5. The minimum Gasteiger partial charge on any atom is -0.352 e. The number of amides is 2. The monoisotopic (exact) mass is 474 g/mol. The number of carbonyl (C=O) groups is 2. The Morgan fingerprint density at radius 3 is 2.28 bits per heavy atom. The number of benzene rings is 2. The molecule has 174 valence electrons.